The van der Waals surface area contributed by atoms with Gasteiger partial charge in [-0.05, 0) is 53.3 Å². The van der Waals surface area contributed by atoms with E-state index in [4.69, 9.17) is 21.1 Å². The summed E-state index contributed by atoms with van der Waals surface area (Å²) in [6.07, 6.45) is 1.14. The SMILES string of the molecule is COc1ccc(CCC(=O)N(Cc2cccc(Cl)c2)C(Cc2ccccc2)C(=O)NCC(C)C)cc1OC. The van der Waals surface area contributed by atoms with Gasteiger partial charge in [0, 0.05) is 31.0 Å². The molecule has 1 atom stereocenters. The number of aryl methyl sites for hydroxylation is 1. The van der Waals surface area contributed by atoms with Gasteiger partial charge < -0.3 is 19.7 Å². The maximum atomic E-state index is 13.8. The van der Waals surface area contributed by atoms with Crippen LogP contribution in [0.3, 0.4) is 0 Å². The van der Waals surface area contributed by atoms with E-state index in [0.717, 1.165) is 16.7 Å². The average Bonchev–Trinajstić information content (AvgIpc) is 2.92. The summed E-state index contributed by atoms with van der Waals surface area (Å²) in [5.41, 5.74) is 2.80. The van der Waals surface area contributed by atoms with Crippen LogP contribution in [0.4, 0.5) is 0 Å². The van der Waals surface area contributed by atoms with E-state index in [1.54, 1.807) is 25.2 Å². The maximum Gasteiger partial charge on any atom is 0.243 e. The highest BCUT2D eigenvalue weighted by atomic mass is 35.5. The Labute approximate surface area is 230 Å². The Balaban J connectivity index is 1.90. The third-order valence-corrected chi connectivity index (χ3v) is 6.51. The minimum atomic E-state index is -0.673. The minimum Gasteiger partial charge on any atom is -0.493 e. The lowest BCUT2D eigenvalue weighted by atomic mass is 10.0. The number of halogens is 1. The highest BCUT2D eigenvalue weighted by molar-refractivity contribution is 6.30. The van der Waals surface area contributed by atoms with Crippen LogP contribution >= 0.6 is 11.6 Å². The van der Waals surface area contributed by atoms with Gasteiger partial charge in [-0.15, -0.1) is 0 Å². The highest BCUT2D eigenvalue weighted by Gasteiger charge is 2.30. The van der Waals surface area contributed by atoms with Crippen molar-refractivity contribution in [3.63, 3.8) is 0 Å². The van der Waals surface area contributed by atoms with E-state index in [0.29, 0.717) is 41.8 Å². The zero-order chi connectivity index (χ0) is 27.5. The molecule has 0 aliphatic carbocycles. The van der Waals surface area contributed by atoms with Crippen LogP contribution in [0.15, 0.2) is 72.8 Å². The topological polar surface area (TPSA) is 67.9 Å². The van der Waals surface area contributed by atoms with E-state index < -0.39 is 6.04 Å². The molecule has 0 aliphatic heterocycles. The molecular formula is C31H37ClN2O4. The first-order chi connectivity index (χ1) is 18.3. The zero-order valence-electron chi connectivity index (χ0n) is 22.6. The third kappa shape index (κ3) is 8.52. The lowest BCUT2D eigenvalue weighted by Crippen LogP contribution is -2.51. The molecule has 0 aliphatic rings. The first kappa shape index (κ1) is 29.1. The molecule has 3 rings (SSSR count). The van der Waals surface area contributed by atoms with Gasteiger partial charge in [-0.25, -0.2) is 0 Å². The second-order valence-electron chi connectivity index (χ2n) is 9.69. The normalized spacial score (nSPS) is 11.6. The molecule has 0 bridgehead atoms. The summed E-state index contributed by atoms with van der Waals surface area (Å²) in [5, 5.41) is 3.63. The quantitative estimate of drug-likeness (QED) is 0.304. The second kappa shape index (κ2) is 14.4. The van der Waals surface area contributed by atoms with Crippen molar-refractivity contribution < 1.29 is 19.1 Å². The lowest BCUT2D eigenvalue weighted by molar-refractivity contribution is -0.141. The number of ether oxygens (including phenoxy) is 2. The molecule has 202 valence electrons. The van der Waals surface area contributed by atoms with Crippen LogP contribution in [0, 0.1) is 5.92 Å². The Morgan fingerprint density at radius 2 is 1.58 bits per heavy atom. The van der Waals surface area contributed by atoms with Crippen molar-refractivity contribution in [2.75, 3.05) is 20.8 Å². The summed E-state index contributed by atoms with van der Waals surface area (Å²) >= 11 is 6.25. The second-order valence-corrected chi connectivity index (χ2v) is 10.1. The van der Waals surface area contributed by atoms with Crippen LogP contribution < -0.4 is 14.8 Å². The number of rotatable bonds is 13. The molecule has 1 N–H and O–H groups in total. The predicted molar refractivity (Wildman–Crippen MR) is 152 cm³/mol. The number of benzene rings is 3. The fourth-order valence-corrected chi connectivity index (χ4v) is 4.45. The van der Waals surface area contributed by atoms with Crippen molar-refractivity contribution in [3.8, 4) is 11.5 Å². The van der Waals surface area contributed by atoms with E-state index in [2.05, 4.69) is 5.32 Å². The fraction of sp³-hybridized carbons (Fsp3) is 0.355. The molecule has 38 heavy (non-hydrogen) atoms. The van der Waals surface area contributed by atoms with Gasteiger partial charge in [-0.3, -0.25) is 9.59 Å². The Morgan fingerprint density at radius 3 is 2.24 bits per heavy atom. The largest absolute Gasteiger partial charge is 0.493 e. The Hall–Kier alpha value is -3.51. The number of hydrogen-bond acceptors (Lipinski definition) is 4. The number of methoxy groups -OCH3 is 2. The summed E-state index contributed by atoms with van der Waals surface area (Å²) in [6.45, 7) is 4.90. The highest BCUT2D eigenvalue weighted by Crippen LogP contribution is 2.28. The van der Waals surface area contributed by atoms with Crippen molar-refractivity contribution >= 4 is 23.4 Å². The standard InChI is InChI=1S/C31H37ClN2O4/c1-22(2)20-33-31(36)27(18-23-9-6-5-7-10-23)34(21-25-11-8-12-26(32)17-25)30(35)16-14-24-13-15-28(37-3)29(19-24)38-4/h5-13,15,17,19,22,27H,14,16,18,20-21H2,1-4H3,(H,33,36). The molecule has 0 radical (unpaired) electrons. The van der Waals surface area contributed by atoms with Gasteiger partial charge in [0.2, 0.25) is 11.8 Å². The molecule has 0 saturated heterocycles. The molecule has 0 fully saturated rings. The first-order valence-electron chi connectivity index (χ1n) is 12.9. The van der Waals surface area contributed by atoms with Crippen molar-refractivity contribution in [1.29, 1.82) is 0 Å². The van der Waals surface area contributed by atoms with Crippen LogP contribution in [-0.4, -0.2) is 43.5 Å². The Kier molecular flexibility index (Phi) is 11.0. The molecule has 2 amide bonds. The Morgan fingerprint density at radius 1 is 0.868 bits per heavy atom. The van der Waals surface area contributed by atoms with Gasteiger partial charge >= 0.3 is 0 Å². The number of carbonyl (C=O) groups is 2. The number of carbonyl (C=O) groups excluding carboxylic acids is 2. The number of amides is 2. The predicted octanol–water partition coefficient (Wildman–Crippen LogP) is 5.70. The molecule has 0 aromatic heterocycles. The number of nitrogens with one attached hydrogen (secondary N) is 1. The summed E-state index contributed by atoms with van der Waals surface area (Å²) in [5.74, 6) is 1.26. The van der Waals surface area contributed by atoms with E-state index in [9.17, 15) is 9.59 Å². The van der Waals surface area contributed by atoms with E-state index in [1.165, 1.54) is 0 Å². The third-order valence-electron chi connectivity index (χ3n) is 6.27. The monoisotopic (exact) mass is 536 g/mol. The van der Waals surface area contributed by atoms with Crippen molar-refractivity contribution in [3.05, 3.63) is 94.5 Å². The minimum absolute atomic E-state index is 0.111. The molecule has 0 heterocycles. The number of nitrogens with zero attached hydrogens (tertiary/aromatic N) is 1. The van der Waals surface area contributed by atoms with E-state index in [1.807, 2.05) is 80.6 Å². The van der Waals surface area contributed by atoms with E-state index >= 15 is 0 Å². The van der Waals surface area contributed by atoms with Crippen LogP contribution in [0.5, 0.6) is 11.5 Å². The van der Waals surface area contributed by atoms with Crippen LogP contribution in [0.1, 0.15) is 37.0 Å². The first-order valence-corrected chi connectivity index (χ1v) is 13.2. The van der Waals surface area contributed by atoms with Gasteiger partial charge in [-0.2, -0.15) is 0 Å². The summed E-state index contributed by atoms with van der Waals surface area (Å²) < 4.78 is 10.7. The van der Waals surface area contributed by atoms with Gasteiger partial charge in [0.15, 0.2) is 11.5 Å². The van der Waals surface area contributed by atoms with Crippen molar-refractivity contribution in [2.45, 2.75) is 45.7 Å². The van der Waals surface area contributed by atoms with Gasteiger partial charge in [0.1, 0.15) is 6.04 Å². The molecule has 0 saturated carbocycles. The zero-order valence-corrected chi connectivity index (χ0v) is 23.3. The van der Waals surface area contributed by atoms with Gasteiger partial charge in [0.05, 0.1) is 14.2 Å². The lowest BCUT2D eigenvalue weighted by Gasteiger charge is -2.32. The van der Waals surface area contributed by atoms with Gasteiger partial charge in [-0.1, -0.05) is 74.0 Å². The summed E-state index contributed by atoms with van der Waals surface area (Å²) in [4.78, 5) is 29.0. The van der Waals surface area contributed by atoms with Crippen LogP contribution in [0.2, 0.25) is 5.02 Å². The molecule has 6 nitrogen and oxygen atoms in total. The van der Waals surface area contributed by atoms with Gasteiger partial charge in [0.25, 0.3) is 0 Å². The molecular weight excluding hydrogens is 500 g/mol. The number of hydrogen-bond donors (Lipinski definition) is 1. The summed E-state index contributed by atoms with van der Waals surface area (Å²) in [6, 6.07) is 22.2. The summed E-state index contributed by atoms with van der Waals surface area (Å²) in [7, 11) is 3.18. The molecule has 3 aromatic carbocycles. The van der Waals surface area contributed by atoms with Crippen LogP contribution in [-0.2, 0) is 29.0 Å². The van der Waals surface area contributed by atoms with Crippen molar-refractivity contribution in [2.24, 2.45) is 5.92 Å². The van der Waals surface area contributed by atoms with Crippen molar-refractivity contribution in [1.82, 2.24) is 10.2 Å². The fourth-order valence-electron chi connectivity index (χ4n) is 4.24. The molecule has 7 heteroatoms. The molecule has 3 aromatic rings. The van der Waals surface area contributed by atoms with E-state index in [-0.39, 0.29) is 24.8 Å². The Bertz CT molecular complexity index is 1200. The smallest absolute Gasteiger partial charge is 0.243 e. The maximum absolute atomic E-state index is 13.8. The average molecular weight is 537 g/mol. The molecule has 0 spiro atoms. The van der Waals surface area contributed by atoms with Crippen LogP contribution in [0.25, 0.3) is 0 Å². The molecule has 1 unspecified atom stereocenters.